The van der Waals surface area contributed by atoms with Gasteiger partial charge in [0.1, 0.15) is 0 Å². The Balaban J connectivity index is 2.13. The first-order valence-corrected chi connectivity index (χ1v) is 6.48. The average molecular weight is 257 g/mol. The van der Waals surface area contributed by atoms with Crippen LogP contribution in [0.25, 0.3) is 0 Å². The fraction of sp³-hybridized carbons (Fsp3) is 0.333. The van der Waals surface area contributed by atoms with Crippen LogP contribution in [0, 0.1) is 0 Å². The molecule has 0 saturated heterocycles. The highest BCUT2D eigenvalue weighted by molar-refractivity contribution is 5.45. The number of hydrogen-bond acceptors (Lipinski definition) is 4. The lowest BCUT2D eigenvalue weighted by Gasteiger charge is -2.23. The Morgan fingerprint density at radius 3 is 2.47 bits per heavy atom. The molecule has 0 bridgehead atoms. The molecular formula is C15H19N3O. The molecule has 19 heavy (non-hydrogen) atoms. The zero-order valence-corrected chi connectivity index (χ0v) is 11.3. The van der Waals surface area contributed by atoms with Gasteiger partial charge in [0.15, 0.2) is 0 Å². The Morgan fingerprint density at radius 2 is 1.95 bits per heavy atom. The fourth-order valence-electron chi connectivity index (χ4n) is 1.93. The molecule has 0 aliphatic rings. The maximum atomic E-state index is 9.46. The number of anilines is 1. The molecular weight excluding hydrogens is 238 g/mol. The summed E-state index contributed by atoms with van der Waals surface area (Å²) in [7, 11) is 0. The van der Waals surface area contributed by atoms with E-state index in [1.165, 1.54) is 5.56 Å². The van der Waals surface area contributed by atoms with Crippen molar-refractivity contribution in [3.63, 3.8) is 0 Å². The molecule has 100 valence electrons. The molecule has 1 N–H and O–H groups in total. The first-order valence-electron chi connectivity index (χ1n) is 6.48. The first kappa shape index (κ1) is 13.5. The third-order valence-corrected chi connectivity index (χ3v) is 3.07. The maximum absolute atomic E-state index is 9.46. The van der Waals surface area contributed by atoms with Gasteiger partial charge in [0.25, 0.3) is 0 Å². The van der Waals surface area contributed by atoms with E-state index in [0.717, 1.165) is 18.8 Å². The van der Waals surface area contributed by atoms with Gasteiger partial charge in [-0.25, -0.2) is 0 Å². The van der Waals surface area contributed by atoms with Crippen LogP contribution in [0.2, 0.25) is 0 Å². The van der Waals surface area contributed by atoms with Crippen LogP contribution in [0.4, 0.5) is 5.69 Å². The van der Waals surface area contributed by atoms with Crippen LogP contribution in [0.3, 0.4) is 0 Å². The van der Waals surface area contributed by atoms with Gasteiger partial charge in [0.2, 0.25) is 0 Å². The molecule has 4 heteroatoms. The second-order valence-corrected chi connectivity index (χ2v) is 4.49. The van der Waals surface area contributed by atoms with E-state index in [-0.39, 0.29) is 0 Å². The minimum atomic E-state index is -0.524. The van der Waals surface area contributed by atoms with E-state index in [0.29, 0.717) is 5.69 Å². The van der Waals surface area contributed by atoms with E-state index < -0.39 is 6.10 Å². The van der Waals surface area contributed by atoms with Gasteiger partial charge in [-0.3, -0.25) is 9.97 Å². The van der Waals surface area contributed by atoms with Crippen molar-refractivity contribution < 1.29 is 5.11 Å². The molecule has 1 unspecified atom stereocenters. The minimum Gasteiger partial charge on any atom is -0.387 e. The van der Waals surface area contributed by atoms with E-state index in [1.54, 1.807) is 19.3 Å². The minimum absolute atomic E-state index is 0.524. The topological polar surface area (TPSA) is 49.2 Å². The predicted octanol–water partition coefficient (Wildman–Crippen LogP) is 2.56. The van der Waals surface area contributed by atoms with Crippen LogP contribution < -0.4 is 4.90 Å². The van der Waals surface area contributed by atoms with Gasteiger partial charge < -0.3 is 10.0 Å². The van der Waals surface area contributed by atoms with Crippen molar-refractivity contribution in [1.29, 1.82) is 0 Å². The summed E-state index contributed by atoms with van der Waals surface area (Å²) in [6, 6.07) is 7.90. The third-order valence-electron chi connectivity index (χ3n) is 3.07. The summed E-state index contributed by atoms with van der Waals surface area (Å²) in [6.07, 6.45) is 4.90. The largest absolute Gasteiger partial charge is 0.387 e. The number of rotatable bonds is 5. The monoisotopic (exact) mass is 257 g/mol. The summed E-state index contributed by atoms with van der Waals surface area (Å²) < 4.78 is 0. The van der Waals surface area contributed by atoms with Gasteiger partial charge in [0, 0.05) is 25.5 Å². The van der Waals surface area contributed by atoms with Crippen molar-refractivity contribution in [1.82, 2.24) is 9.97 Å². The van der Waals surface area contributed by atoms with Gasteiger partial charge in [-0.05, 0) is 43.7 Å². The second-order valence-electron chi connectivity index (χ2n) is 4.49. The number of aromatic nitrogens is 2. The number of nitrogens with zero attached hydrogens (tertiary/aromatic N) is 3. The summed E-state index contributed by atoms with van der Waals surface area (Å²) >= 11 is 0. The van der Waals surface area contributed by atoms with Crippen LogP contribution in [-0.4, -0.2) is 21.6 Å². The van der Waals surface area contributed by atoms with E-state index >= 15 is 0 Å². The highest BCUT2D eigenvalue weighted by Crippen LogP contribution is 2.18. The quantitative estimate of drug-likeness (QED) is 0.894. The van der Waals surface area contributed by atoms with E-state index in [4.69, 9.17) is 0 Å². The van der Waals surface area contributed by atoms with Gasteiger partial charge in [-0.1, -0.05) is 0 Å². The Morgan fingerprint density at radius 1 is 1.21 bits per heavy atom. The lowest BCUT2D eigenvalue weighted by Crippen LogP contribution is -2.22. The lowest BCUT2D eigenvalue weighted by atomic mass is 10.2. The highest BCUT2D eigenvalue weighted by Gasteiger charge is 2.07. The van der Waals surface area contributed by atoms with Crippen LogP contribution >= 0.6 is 0 Å². The van der Waals surface area contributed by atoms with Crippen molar-refractivity contribution >= 4 is 5.69 Å². The molecule has 0 spiro atoms. The number of aliphatic hydroxyl groups excluding tert-OH is 1. The molecule has 2 aromatic heterocycles. The summed E-state index contributed by atoms with van der Waals surface area (Å²) in [5.74, 6) is 0. The van der Waals surface area contributed by atoms with Gasteiger partial charge in [-0.15, -0.1) is 0 Å². The normalized spacial score (nSPS) is 12.2. The van der Waals surface area contributed by atoms with Crippen molar-refractivity contribution in [2.24, 2.45) is 0 Å². The zero-order chi connectivity index (χ0) is 13.7. The van der Waals surface area contributed by atoms with Crippen LogP contribution in [-0.2, 0) is 6.54 Å². The molecule has 0 fully saturated rings. The average Bonchev–Trinajstić information content (AvgIpc) is 2.46. The smallest absolute Gasteiger partial charge is 0.0931 e. The molecule has 2 heterocycles. The number of aliphatic hydroxyl groups is 1. The van der Waals surface area contributed by atoms with E-state index in [2.05, 4.69) is 21.8 Å². The number of pyridine rings is 2. The van der Waals surface area contributed by atoms with E-state index in [9.17, 15) is 5.11 Å². The molecule has 0 radical (unpaired) electrons. The van der Waals surface area contributed by atoms with Gasteiger partial charge in [0.05, 0.1) is 23.7 Å². The first-order chi connectivity index (χ1) is 9.20. The molecule has 0 aromatic carbocycles. The maximum Gasteiger partial charge on any atom is 0.0931 e. The standard InChI is InChI=1S/C15H19N3O/c1-3-18(11-13-6-8-16-9-7-13)14-4-5-15(12(2)19)17-10-14/h4-10,12,19H,3,11H2,1-2H3. The van der Waals surface area contributed by atoms with Crippen LogP contribution in [0.1, 0.15) is 31.2 Å². The van der Waals surface area contributed by atoms with Gasteiger partial charge in [-0.2, -0.15) is 0 Å². The molecule has 2 rings (SSSR count). The molecule has 0 aliphatic heterocycles. The lowest BCUT2D eigenvalue weighted by molar-refractivity contribution is 0.194. The molecule has 0 saturated carbocycles. The summed E-state index contributed by atoms with van der Waals surface area (Å²) in [5, 5.41) is 9.46. The SMILES string of the molecule is CCN(Cc1ccncc1)c1ccc(C(C)O)nc1. The molecule has 1 atom stereocenters. The second kappa shape index (κ2) is 6.29. The Kier molecular flexibility index (Phi) is 4.47. The summed E-state index contributed by atoms with van der Waals surface area (Å²) in [5.41, 5.74) is 2.98. The Hall–Kier alpha value is -1.94. The summed E-state index contributed by atoms with van der Waals surface area (Å²) in [6.45, 7) is 5.56. The highest BCUT2D eigenvalue weighted by atomic mass is 16.3. The fourth-order valence-corrected chi connectivity index (χ4v) is 1.93. The van der Waals surface area contributed by atoms with Crippen molar-refractivity contribution in [3.8, 4) is 0 Å². The Labute approximate surface area is 113 Å². The van der Waals surface area contributed by atoms with Crippen molar-refractivity contribution in [2.75, 3.05) is 11.4 Å². The molecule has 2 aromatic rings. The molecule has 0 amide bonds. The zero-order valence-electron chi connectivity index (χ0n) is 11.3. The predicted molar refractivity (Wildman–Crippen MR) is 75.8 cm³/mol. The summed E-state index contributed by atoms with van der Waals surface area (Å²) in [4.78, 5) is 10.5. The van der Waals surface area contributed by atoms with Crippen molar-refractivity contribution in [2.45, 2.75) is 26.5 Å². The van der Waals surface area contributed by atoms with Gasteiger partial charge >= 0.3 is 0 Å². The van der Waals surface area contributed by atoms with Crippen LogP contribution in [0.5, 0.6) is 0 Å². The van der Waals surface area contributed by atoms with Crippen molar-refractivity contribution in [3.05, 3.63) is 54.1 Å². The van der Waals surface area contributed by atoms with E-state index in [1.807, 2.05) is 30.5 Å². The third kappa shape index (κ3) is 3.51. The molecule has 4 nitrogen and oxygen atoms in total. The van der Waals surface area contributed by atoms with Crippen LogP contribution in [0.15, 0.2) is 42.9 Å². The Bertz CT molecular complexity index is 497. The molecule has 0 aliphatic carbocycles. The number of hydrogen-bond donors (Lipinski definition) is 1.